The molecule has 1 amide bonds. The summed E-state index contributed by atoms with van der Waals surface area (Å²) in [5.74, 6) is -0.0985. The van der Waals surface area contributed by atoms with Crippen LogP contribution in [0.4, 0.5) is 0 Å². The maximum absolute atomic E-state index is 12.4. The standard InChI is InChI=1S/C17H19N5O2/c1-2-12(10-22-8-7-18-11-22)19-17(24)15-9-14(20-21-15)13-5-3-4-6-16(13)23/h3-9,11-12,23H,2,10H2,1H3,(H,19,24)(H,20,21)/t12-/m1/s1. The number of imidazole rings is 1. The summed E-state index contributed by atoms with van der Waals surface area (Å²) in [5.41, 5.74) is 1.47. The quantitative estimate of drug-likeness (QED) is 0.647. The molecule has 0 spiro atoms. The lowest BCUT2D eigenvalue weighted by Gasteiger charge is -2.16. The van der Waals surface area contributed by atoms with Crippen LogP contribution in [-0.2, 0) is 6.54 Å². The van der Waals surface area contributed by atoms with Crippen molar-refractivity contribution in [3.8, 4) is 17.0 Å². The summed E-state index contributed by atoms with van der Waals surface area (Å²) in [6.45, 7) is 2.67. The molecule has 124 valence electrons. The average molecular weight is 325 g/mol. The summed E-state index contributed by atoms with van der Waals surface area (Å²) in [6, 6.07) is 8.50. The number of hydrogen-bond acceptors (Lipinski definition) is 4. The first kappa shape index (κ1) is 15.8. The third-order valence-electron chi connectivity index (χ3n) is 3.82. The fourth-order valence-corrected chi connectivity index (χ4v) is 2.46. The van der Waals surface area contributed by atoms with Crippen LogP contribution in [0.15, 0.2) is 49.1 Å². The van der Waals surface area contributed by atoms with Crippen LogP contribution in [0.3, 0.4) is 0 Å². The first-order valence-electron chi connectivity index (χ1n) is 7.77. The third kappa shape index (κ3) is 3.45. The van der Waals surface area contributed by atoms with Gasteiger partial charge in [-0.25, -0.2) is 4.98 Å². The average Bonchev–Trinajstić information content (AvgIpc) is 3.26. The van der Waals surface area contributed by atoms with Gasteiger partial charge >= 0.3 is 0 Å². The second-order valence-corrected chi connectivity index (χ2v) is 5.52. The number of carbonyl (C=O) groups is 1. The van der Waals surface area contributed by atoms with E-state index in [1.165, 1.54) is 0 Å². The summed E-state index contributed by atoms with van der Waals surface area (Å²) in [4.78, 5) is 16.4. The van der Waals surface area contributed by atoms with Crippen molar-refractivity contribution in [2.24, 2.45) is 0 Å². The van der Waals surface area contributed by atoms with E-state index < -0.39 is 0 Å². The van der Waals surface area contributed by atoms with Gasteiger partial charge in [0.2, 0.25) is 0 Å². The second kappa shape index (κ2) is 6.99. The number of H-pyrrole nitrogens is 1. The van der Waals surface area contributed by atoms with Crippen molar-refractivity contribution in [3.05, 3.63) is 54.7 Å². The number of amides is 1. The molecule has 0 saturated heterocycles. The molecule has 0 unspecified atom stereocenters. The molecule has 0 aliphatic rings. The SMILES string of the molecule is CC[C@H](Cn1ccnc1)NC(=O)c1cc(-c2ccccc2O)n[nH]1. The molecule has 1 aromatic carbocycles. The lowest BCUT2D eigenvalue weighted by Crippen LogP contribution is -2.37. The van der Waals surface area contributed by atoms with Crippen LogP contribution in [-0.4, -0.2) is 36.8 Å². The van der Waals surface area contributed by atoms with E-state index in [2.05, 4.69) is 20.5 Å². The Labute approximate surface area is 139 Å². The molecule has 1 atom stereocenters. The van der Waals surface area contributed by atoms with Crippen LogP contribution in [0.2, 0.25) is 0 Å². The van der Waals surface area contributed by atoms with E-state index in [9.17, 15) is 9.90 Å². The lowest BCUT2D eigenvalue weighted by molar-refractivity contribution is 0.0926. The molecular formula is C17H19N5O2. The van der Waals surface area contributed by atoms with Crippen LogP contribution >= 0.6 is 0 Å². The molecule has 24 heavy (non-hydrogen) atoms. The Morgan fingerprint density at radius 2 is 2.25 bits per heavy atom. The van der Waals surface area contributed by atoms with Crippen LogP contribution in [0.1, 0.15) is 23.8 Å². The van der Waals surface area contributed by atoms with Crippen LogP contribution in [0.5, 0.6) is 5.75 Å². The zero-order valence-electron chi connectivity index (χ0n) is 13.3. The third-order valence-corrected chi connectivity index (χ3v) is 3.82. The molecule has 3 rings (SSSR count). The molecule has 0 saturated carbocycles. The van der Waals surface area contributed by atoms with E-state index in [-0.39, 0.29) is 17.7 Å². The number of nitrogens with one attached hydrogen (secondary N) is 2. The molecule has 0 fully saturated rings. The number of para-hydroxylation sites is 1. The minimum atomic E-state index is -0.226. The monoisotopic (exact) mass is 325 g/mol. The number of aromatic hydroxyl groups is 1. The molecule has 7 heteroatoms. The number of aromatic nitrogens is 4. The maximum Gasteiger partial charge on any atom is 0.269 e. The summed E-state index contributed by atoms with van der Waals surface area (Å²) < 4.78 is 1.93. The number of hydrogen-bond donors (Lipinski definition) is 3. The van der Waals surface area contributed by atoms with Gasteiger partial charge in [-0.3, -0.25) is 9.89 Å². The first-order chi connectivity index (χ1) is 11.7. The Hall–Kier alpha value is -3.09. The number of phenols is 1. The van der Waals surface area contributed by atoms with Crippen molar-refractivity contribution >= 4 is 5.91 Å². The van der Waals surface area contributed by atoms with Crippen molar-refractivity contribution in [2.75, 3.05) is 0 Å². The minimum absolute atomic E-state index is 0.0106. The highest BCUT2D eigenvalue weighted by molar-refractivity contribution is 5.93. The zero-order chi connectivity index (χ0) is 16.9. The molecule has 2 heterocycles. The summed E-state index contributed by atoms with van der Waals surface area (Å²) in [5, 5.41) is 19.7. The van der Waals surface area contributed by atoms with Gasteiger partial charge in [-0.2, -0.15) is 5.10 Å². The molecule has 0 radical (unpaired) electrons. The highest BCUT2D eigenvalue weighted by atomic mass is 16.3. The van der Waals surface area contributed by atoms with Gasteiger partial charge in [-0.05, 0) is 24.6 Å². The van der Waals surface area contributed by atoms with Crippen LogP contribution < -0.4 is 5.32 Å². The smallest absolute Gasteiger partial charge is 0.269 e. The van der Waals surface area contributed by atoms with Crippen molar-refractivity contribution in [2.45, 2.75) is 25.9 Å². The summed E-state index contributed by atoms with van der Waals surface area (Å²) in [7, 11) is 0. The molecular weight excluding hydrogens is 306 g/mol. The normalized spacial score (nSPS) is 12.0. The molecule has 0 aliphatic heterocycles. The van der Waals surface area contributed by atoms with Crippen molar-refractivity contribution in [3.63, 3.8) is 0 Å². The zero-order valence-corrected chi connectivity index (χ0v) is 13.3. The highest BCUT2D eigenvalue weighted by Crippen LogP contribution is 2.27. The highest BCUT2D eigenvalue weighted by Gasteiger charge is 2.16. The Kier molecular flexibility index (Phi) is 4.60. The number of aromatic amines is 1. The van der Waals surface area contributed by atoms with Gasteiger partial charge in [0.1, 0.15) is 11.4 Å². The maximum atomic E-state index is 12.4. The fraction of sp³-hybridized carbons (Fsp3) is 0.235. The van der Waals surface area contributed by atoms with E-state index >= 15 is 0 Å². The van der Waals surface area contributed by atoms with Crippen LogP contribution in [0.25, 0.3) is 11.3 Å². The number of phenolic OH excluding ortho intramolecular Hbond substituents is 1. The van der Waals surface area contributed by atoms with Gasteiger partial charge in [0.15, 0.2) is 0 Å². The molecule has 3 N–H and O–H groups in total. The van der Waals surface area contributed by atoms with Crippen molar-refractivity contribution < 1.29 is 9.90 Å². The summed E-state index contributed by atoms with van der Waals surface area (Å²) >= 11 is 0. The number of nitrogens with zero attached hydrogens (tertiary/aromatic N) is 3. The fourth-order valence-electron chi connectivity index (χ4n) is 2.46. The Bertz CT molecular complexity index is 810. The van der Waals surface area contributed by atoms with Gasteiger partial charge in [-0.15, -0.1) is 0 Å². The largest absolute Gasteiger partial charge is 0.507 e. The van der Waals surface area contributed by atoms with Gasteiger partial charge in [0.25, 0.3) is 5.91 Å². The van der Waals surface area contributed by atoms with Gasteiger partial charge in [0.05, 0.1) is 12.0 Å². The molecule has 2 aromatic heterocycles. The Morgan fingerprint density at radius 3 is 2.96 bits per heavy atom. The molecule has 0 aliphatic carbocycles. The van der Waals surface area contributed by atoms with E-state index in [4.69, 9.17) is 0 Å². The minimum Gasteiger partial charge on any atom is -0.507 e. The lowest BCUT2D eigenvalue weighted by atomic mass is 10.1. The predicted molar refractivity (Wildman–Crippen MR) is 89.5 cm³/mol. The van der Waals surface area contributed by atoms with Crippen molar-refractivity contribution in [1.29, 1.82) is 0 Å². The number of benzene rings is 1. The van der Waals surface area contributed by atoms with E-state index in [1.807, 2.05) is 23.8 Å². The Morgan fingerprint density at radius 1 is 1.42 bits per heavy atom. The van der Waals surface area contributed by atoms with E-state index in [0.717, 1.165) is 6.42 Å². The number of carbonyl (C=O) groups excluding carboxylic acids is 1. The first-order valence-corrected chi connectivity index (χ1v) is 7.77. The van der Waals surface area contributed by atoms with Crippen molar-refractivity contribution in [1.82, 2.24) is 25.1 Å². The molecule has 3 aromatic rings. The summed E-state index contributed by atoms with van der Waals surface area (Å²) in [6.07, 6.45) is 6.09. The van der Waals surface area contributed by atoms with Crippen LogP contribution in [0, 0.1) is 0 Å². The molecule has 0 bridgehead atoms. The second-order valence-electron chi connectivity index (χ2n) is 5.52. The van der Waals surface area contributed by atoms with E-state index in [1.54, 1.807) is 36.8 Å². The van der Waals surface area contributed by atoms with Gasteiger partial charge < -0.3 is 15.0 Å². The predicted octanol–water partition coefficient (Wildman–Crippen LogP) is 2.19. The topological polar surface area (TPSA) is 95.8 Å². The van der Waals surface area contributed by atoms with E-state index in [0.29, 0.717) is 23.5 Å². The Balaban J connectivity index is 1.70. The number of rotatable bonds is 6. The van der Waals surface area contributed by atoms with Gasteiger partial charge in [0, 0.05) is 30.5 Å². The van der Waals surface area contributed by atoms with Gasteiger partial charge in [-0.1, -0.05) is 19.1 Å². The molecule has 7 nitrogen and oxygen atoms in total.